The fraction of sp³-hybridized carbons (Fsp3) is 0.241. The number of amides is 1. The first-order valence-electron chi connectivity index (χ1n) is 11.7. The minimum Gasteiger partial charge on any atom is -0.507 e. The molecule has 36 heavy (non-hydrogen) atoms. The van der Waals surface area contributed by atoms with Gasteiger partial charge in [0, 0.05) is 24.2 Å². The Morgan fingerprint density at radius 1 is 1.03 bits per heavy atom. The molecule has 0 aliphatic carbocycles. The second-order valence-corrected chi connectivity index (χ2v) is 9.12. The molecule has 0 spiro atoms. The quantitative estimate of drug-likeness (QED) is 0.283. The number of nitrogens with zero attached hydrogens (tertiary/aromatic N) is 2. The van der Waals surface area contributed by atoms with Crippen molar-refractivity contribution in [2.24, 2.45) is 0 Å². The number of benzene rings is 3. The summed E-state index contributed by atoms with van der Waals surface area (Å²) in [5.41, 5.74) is 2.55. The Kier molecular flexibility index (Phi) is 7.50. The van der Waals surface area contributed by atoms with Crippen LogP contribution in [0.3, 0.4) is 0 Å². The van der Waals surface area contributed by atoms with Gasteiger partial charge in [0.25, 0.3) is 11.7 Å². The molecule has 4 rings (SSSR count). The third-order valence-corrected chi connectivity index (χ3v) is 6.14. The maximum atomic E-state index is 14.8. The van der Waals surface area contributed by atoms with Crippen LogP contribution in [0.25, 0.3) is 5.76 Å². The van der Waals surface area contributed by atoms with Crippen molar-refractivity contribution in [1.29, 1.82) is 0 Å². The van der Waals surface area contributed by atoms with E-state index in [0.29, 0.717) is 24.5 Å². The molecule has 7 heteroatoms. The van der Waals surface area contributed by atoms with E-state index in [1.54, 1.807) is 36.4 Å². The van der Waals surface area contributed by atoms with Crippen LogP contribution in [0.15, 0.2) is 78.4 Å². The zero-order valence-corrected chi connectivity index (χ0v) is 20.6. The summed E-state index contributed by atoms with van der Waals surface area (Å²) in [6.07, 6.45) is 0. The van der Waals surface area contributed by atoms with Gasteiger partial charge in [-0.15, -0.1) is 0 Å². The zero-order chi connectivity index (χ0) is 25.8. The van der Waals surface area contributed by atoms with E-state index < -0.39 is 23.5 Å². The lowest BCUT2D eigenvalue weighted by atomic mass is 9.95. The van der Waals surface area contributed by atoms with Crippen molar-refractivity contribution < 1.29 is 23.8 Å². The summed E-state index contributed by atoms with van der Waals surface area (Å²) in [6.45, 7) is 3.08. The summed E-state index contributed by atoms with van der Waals surface area (Å²) in [4.78, 5) is 29.2. The summed E-state index contributed by atoms with van der Waals surface area (Å²) in [5.74, 6) is -1.90. The lowest BCUT2D eigenvalue weighted by Crippen LogP contribution is -2.35. The van der Waals surface area contributed by atoms with Crippen molar-refractivity contribution in [2.75, 3.05) is 27.2 Å². The molecule has 3 aromatic rings. The molecule has 0 aromatic heterocycles. The van der Waals surface area contributed by atoms with Crippen molar-refractivity contribution in [3.05, 3.63) is 106 Å². The van der Waals surface area contributed by atoms with E-state index >= 15 is 0 Å². The van der Waals surface area contributed by atoms with Gasteiger partial charge in [0.1, 0.15) is 23.9 Å². The standard InChI is InChI=1S/C29H29FN2O4/c1-19-7-6-8-20(17-19)18-36-22-13-11-21(12-14-22)27(33)25-26(23-9-4-5-10-24(23)30)32(16-15-31(2)3)29(35)28(25)34/h4-14,17,26,33H,15-16,18H2,1-3H3/t26-/m1/s1. The van der Waals surface area contributed by atoms with Gasteiger partial charge in [-0.2, -0.15) is 0 Å². The highest BCUT2D eigenvalue weighted by molar-refractivity contribution is 6.46. The summed E-state index contributed by atoms with van der Waals surface area (Å²) < 4.78 is 20.7. The van der Waals surface area contributed by atoms with Crippen LogP contribution in [0, 0.1) is 12.7 Å². The maximum absolute atomic E-state index is 14.8. The Hall–Kier alpha value is -3.97. The van der Waals surface area contributed by atoms with Crippen LogP contribution in [0.5, 0.6) is 5.75 Å². The average molecular weight is 489 g/mol. The van der Waals surface area contributed by atoms with Crippen molar-refractivity contribution in [2.45, 2.75) is 19.6 Å². The van der Waals surface area contributed by atoms with Gasteiger partial charge in [-0.05, 0) is 56.9 Å². The predicted octanol–water partition coefficient (Wildman–Crippen LogP) is 4.70. The SMILES string of the molecule is Cc1cccc(COc2ccc(C(O)=C3C(=O)C(=O)N(CCN(C)C)[C@@H]3c3ccccc3F)cc2)c1. The molecule has 1 aliphatic rings. The van der Waals surface area contributed by atoms with Crippen molar-refractivity contribution in [3.8, 4) is 5.75 Å². The number of aliphatic hydroxyl groups excluding tert-OH is 1. The molecule has 0 bridgehead atoms. The molecule has 186 valence electrons. The molecule has 1 N–H and O–H groups in total. The van der Waals surface area contributed by atoms with E-state index in [0.717, 1.165) is 11.1 Å². The van der Waals surface area contributed by atoms with E-state index in [2.05, 4.69) is 0 Å². The average Bonchev–Trinajstić information content (AvgIpc) is 3.11. The van der Waals surface area contributed by atoms with Crippen LogP contribution in [0.2, 0.25) is 0 Å². The Morgan fingerprint density at radius 2 is 1.75 bits per heavy atom. The number of Topliss-reactive ketones (excluding diaryl/α,β-unsaturated/α-hetero) is 1. The monoisotopic (exact) mass is 488 g/mol. The van der Waals surface area contributed by atoms with Crippen LogP contribution >= 0.6 is 0 Å². The zero-order valence-electron chi connectivity index (χ0n) is 20.6. The smallest absolute Gasteiger partial charge is 0.295 e. The summed E-state index contributed by atoms with van der Waals surface area (Å²) >= 11 is 0. The Balaban J connectivity index is 1.65. The Labute approximate surface area is 210 Å². The number of carbonyl (C=O) groups excluding carboxylic acids is 2. The molecule has 0 unspecified atom stereocenters. The highest BCUT2D eigenvalue weighted by Gasteiger charge is 2.46. The molecule has 1 atom stereocenters. The number of carbonyl (C=O) groups is 2. The van der Waals surface area contributed by atoms with Crippen molar-refractivity contribution in [1.82, 2.24) is 9.80 Å². The lowest BCUT2D eigenvalue weighted by Gasteiger charge is -2.26. The maximum Gasteiger partial charge on any atom is 0.295 e. The van der Waals surface area contributed by atoms with Gasteiger partial charge in [0.05, 0.1) is 11.6 Å². The molecular weight excluding hydrogens is 459 g/mol. The van der Waals surface area contributed by atoms with Crippen molar-refractivity contribution in [3.63, 3.8) is 0 Å². The second kappa shape index (κ2) is 10.7. The molecule has 1 amide bonds. The van der Waals surface area contributed by atoms with E-state index in [9.17, 15) is 19.1 Å². The molecule has 1 aliphatic heterocycles. The summed E-state index contributed by atoms with van der Waals surface area (Å²) in [7, 11) is 3.69. The number of likely N-dealkylation sites (tertiary alicyclic amines) is 1. The first-order valence-corrected chi connectivity index (χ1v) is 11.7. The number of halogens is 1. The number of ketones is 1. The fourth-order valence-electron chi connectivity index (χ4n) is 4.27. The number of likely N-dealkylation sites (N-methyl/N-ethyl adjacent to an activating group) is 1. The second-order valence-electron chi connectivity index (χ2n) is 9.12. The highest BCUT2D eigenvalue weighted by atomic mass is 19.1. The minimum atomic E-state index is -1.02. The van der Waals surface area contributed by atoms with Crippen LogP contribution in [-0.2, 0) is 16.2 Å². The number of aryl methyl sites for hydroxylation is 1. The number of rotatable bonds is 8. The van der Waals surface area contributed by atoms with Gasteiger partial charge < -0.3 is 19.6 Å². The molecule has 0 saturated carbocycles. The number of aliphatic hydroxyl groups is 1. The van der Waals surface area contributed by atoms with E-state index in [1.165, 1.54) is 17.0 Å². The summed E-state index contributed by atoms with van der Waals surface area (Å²) in [6, 6.07) is 19.6. The third kappa shape index (κ3) is 5.31. The summed E-state index contributed by atoms with van der Waals surface area (Å²) in [5, 5.41) is 11.2. The van der Waals surface area contributed by atoms with Gasteiger partial charge in [0.15, 0.2) is 0 Å². The van der Waals surface area contributed by atoms with Gasteiger partial charge in [-0.25, -0.2) is 4.39 Å². The lowest BCUT2D eigenvalue weighted by molar-refractivity contribution is -0.140. The van der Waals surface area contributed by atoms with Gasteiger partial charge in [-0.3, -0.25) is 9.59 Å². The van der Waals surface area contributed by atoms with Crippen LogP contribution in [0.1, 0.15) is 28.3 Å². The van der Waals surface area contributed by atoms with Gasteiger partial charge in [0.2, 0.25) is 0 Å². The Morgan fingerprint density at radius 3 is 2.42 bits per heavy atom. The van der Waals surface area contributed by atoms with Crippen molar-refractivity contribution >= 4 is 17.4 Å². The van der Waals surface area contributed by atoms with E-state index in [-0.39, 0.29) is 23.4 Å². The van der Waals surface area contributed by atoms with Crippen LogP contribution < -0.4 is 4.74 Å². The van der Waals surface area contributed by atoms with Gasteiger partial charge >= 0.3 is 0 Å². The topological polar surface area (TPSA) is 70.1 Å². The first-order chi connectivity index (χ1) is 17.3. The molecule has 3 aromatic carbocycles. The number of hydrogen-bond donors (Lipinski definition) is 1. The van der Waals surface area contributed by atoms with E-state index in [1.807, 2.05) is 50.2 Å². The molecule has 1 heterocycles. The minimum absolute atomic E-state index is 0.128. The third-order valence-electron chi connectivity index (χ3n) is 6.14. The van der Waals surface area contributed by atoms with Crippen LogP contribution in [0.4, 0.5) is 4.39 Å². The number of ether oxygens (including phenoxy) is 1. The predicted molar refractivity (Wildman–Crippen MR) is 136 cm³/mol. The molecule has 0 radical (unpaired) electrons. The molecule has 1 saturated heterocycles. The molecular formula is C29H29FN2O4. The fourth-order valence-corrected chi connectivity index (χ4v) is 4.27. The Bertz CT molecular complexity index is 1300. The van der Waals surface area contributed by atoms with Gasteiger partial charge in [-0.1, -0.05) is 48.0 Å². The van der Waals surface area contributed by atoms with E-state index in [4.69, 9.17) is 4.74 Å². The highest BCUT2D eigenvalue weighted by Crippen LogP contribution is 2.40. The number of hydrogen-bond acceptors (Lipinski definition) is 5. The largest absolute Gasteiger partial charge is 0.507 e. The normalized spacial score (nSPS) is 17.1. The van der Waals surface area contributed by atoms with Crippen LogP contribution in [-0.4, -0.2) is 53.8 Å². The molecule has 6 nitrogen and oxygen atoms in total. The molecule has 1 fully saturated rings. The first kappa shape index (κ1) is 25.1.